The molecular formula is C18H22FN5O3S. The van der Waals surface area contributed by atoms with E-state index in [9.17, 15) is 13.4 Å². The van der Waals surface area contributed by atoms with Crippen molar-refractivity contribution in [1.82, 2.24) is 14.2 Å². The molecule has 1 atom stereocenters. The minimum Gasteiger partial charge on any atom is -0.308 e. The van der Waals surface area contributed by atoms with Crippen molar-refractivity contribution < 1.29 is 17.9 Å². The zero-order chi connectivity index (χ0) is 20.1. The maximum absolute atomic E-state index is 14.0. The molecule has 0 aliphatic carbocycles. The van der Waals surface area contributed by atoms with Crippen LogP contribution in [0.5, 0.6) is 0 Å². The lowest BCUT2D eigenvalue weighted by atomic mass is 10.1. The van der Waals surface area contributed by atoms with Crippen LogP contribution in [-0.2, 0) is 17.8 Å². The molecule has 10 heteroatoms. The molecule has 1 aromatic heterocycles. The maximum Gasteiger partial charge on any atom is 0.323 e. The first-order chi connectivity index (χ1) is 13.4. The third-order valence-electron chi connectivity index (χ3n) is 4.34. The van der Waals surface area contributed by atoms with Gasteiger partial charge in [-0.15, -0.1) is 0 Å². The molecule has 150 valence electrons. The summed E-state index contributed by atoms with van der Waals surface area (Å²) in [7, 11) is 0. The predicted molar refractivity (Wildman–Crippen MR) is 106 cm³/mol. The van der Waals surface area contributed by atoms with Crippen LogP contribution in [-0.4, -0.2) is 55.2 Å². The van der Waals surface area contributed by atoms with Crippen molar-refractivity contribution >= 4 is 28.7 Å². The summed E-state index contributed by atoms with van der Waals surface area (Å²) in [4.78, 5) is 18.3. The van der Waals surface area contributed by atoms with E-state index in [1.54, 1.807) is 24.4 Å². The van der Waals surface area contributed by atoms with E-state index in [2.05, 4.69) is 20.5 Å². The van der Waals surface area contributed by atoms with Crippen LogP contribution < -0.4 is 10.6 Å². The fraction of sp³-hybridized carbons (Fsp3) is 0.333. The summed E-state index contributed by atoms with van der Waals surface area (Å²) in [6, 6.07) is 7.42. The number of nitrogens with zero attached hydrogens (tertiary/aromatic N) is 3. The summed E-state index contributed by atoms with van der Waals surface area (Å²) in [5.41, 5.74) is 2.44. The SMILES string of the molecule is Cc1ccc(NC(=O)Nc2cc(F)cc(CN3CCN(S(=O)O)CC3)c2)cn1. The summed E-state index contributed by atoms with van der Waals surface area (Å²) in [6.07, 6.45) is 1.55. The van der Waals surface area contributed by atoms with Gasteiger partial charge in [0.2, 0.25) is 11.3 Å². The molecule has 0 spiro atoms. The number of aryl methyl sites for hydroxylation is 1. The average molecular weight is 407 g/mol. The summed E-state index contributed by atoms with van der Waals surface area (Å²) < 4.78 is 35.6. The highest BCUT2D eigenvalue weighted by Crippen LogP contribution is 2.17. The third-order valence-corrected chi connectivity index (χ3v) is 5.15. The highest BCUT2D eigenvalue weighted by Gasteiger charge is 2.20. The lowest BCUT2D eigenvalue weighted by Crippen LogP contribution is -2.46. The molecule has 1 fully saturated rings. The van der Waals surface area contributed by atoms with Crippen molar-refractivity contribution in [3.8, 4) is 0 Å². The van der Waals surface area contributed by atoms with Gasteiger partial charge in [-0.1, -0.05) is 0 Å². The highest BCUT2D eigenvalue weighted by atomic mass is 32.2. The molecule has 1 aromatic carbocycles. The van der Waals surface area contributed by atoms with E-state index in [-0.39, 0.29) is 0 Å². The molecule has 1 aliphatic heterocycles. The number of pyridine rings is 1. The fourth-order valence-electron chi connectivity index (χ4n) is 2.95. The Labute approximate surface area is 165 Å². The second kappa shape index (κ2) is 9.20. The van der Waals surface area contributed by atoms with E-state index < -0.39 is 23.1 Å². The Hall–Kier alpha value is -2.40. The Balaban J connectivity index is 1.59. The molecule has 1 unspecified atom stereocenters. The standard InChI is InChI=1S/C18H22FN5O3S/c1-13-2-3-16(11-20-13)21-18(25)22-17-9-14(8-15(19)10-17)12-23-4-6-24(7-5-23)28(26)27/h2-3,8-11H,4-7,12H2,1H3,(H,26,27)(H2,21,22,25). The topological polar surface area (TPSA) is 97.8 Å². The quantitative estimate of drug-likeness (QED) is 0.662. The molecule has 0 radical (unpaired) electrons. The number of rotatable bonds is 5. The fourth-order valence-corrected chi connectivity index (χ4v) is 3.43. The van der Waals surface area contributed by atoms with Crippen molar-refractivity contribution in [2.75, 3.05) is 36.8 Å². The maximum atomic E-state index is 14.0. The van der Waals surface area contributed by atoms with Crippen LogP contribution in [0.3, 0.4) is 0 Å². The number of halogens is 1. The van der Waals surface area contributed by atoms with Gasteiger partial charge < -0.3 is 10.6 Å². The number of urea groups is 1. The zero-order valence-electron chi connectivity index (χ0n) is 15.4. The summed E-state index contributed by atoms with van der Waals surface area (Å²) in [5.74, 6) is -0.445. The second-order valence-electron chi connectivity index (χ2n) is 6.55. The van der Waals surface area contributed by atoms with Gasteiger partial charge in [0.05, 0.1) is 11.9 Å². The number of hydrogen-bond acceptors (Lipinski definition) is 4. The molecule has 2 amide bonds. The smallest absolute Gasteiger partial charge is 0.308 e. The van der Waals surface area contributed by atoms with Gasteiger partial charge in [0, 0.05) is 44.1 Å². The van der Waals surface area contributed by atoms with E-state index in [0.29, 0.717) is 49.7 Å². The van der Waals surface area contributed by atoms with Crippen LogP contribution in [0.25, 0.3) is 0 Å². The number of benzene rings is 1. The van der Waals surface area contributed by atoms with E-state index in [0.717, 1.165) is 5.69 Å². The largest absolute Gasteiger partial charge is 0.323 e. The second-order valence-corrected chi connectivity index (χ2v) is 7.53. The lowest BCUT2D eigenvalue weighted by Gasteiger charge is -2.32. The minimum atomic E-state index is -1.96. The molecule has 1 aliphatic rings. The Morgan fingerprint density at radius 2 is 1.89 bits per heavy atom. The van der Waals surface area contributed by atoms with Crippen molar-refractivity contribution in [2.24, 2.45) is 0 Å². The first-order valence-corrected chi connectivity index (χ1v) is 9.84. The van der Waals surface area contributed by atoms with Gasteiger partial charge in [-0.05, 0) is 42.8 Å². The van der Waals surface area contributed by atoms with Crippen LogP contribution in [0, 0.1) is 12.7 Å². The lowest BCUT2D eigenvalue weighted by molar-refractivity contribution is 0.180. The normalized spacial score (nSPS) is 16.5. The van der Waals surface area contributed by atoms with Crippen molar-refractivity contribution in [3.63, 3.8) is 0 Å². The van der Waals surface area contributed by atoms with Crippen LogP contribution >= 0.6 is 0 Å². The molecule has 0 saturated carbocycles. The monoisotopic (exact) mass is 407 g/mol. The third kappa shape index (κ3) is 5.80. The number of anilines is 2. The Morgan fingerprint density at radius 3 is 2.54 bits per heavy atom. The number of carbonyl (C=O) groups excluding carboxylic acids is 1. The molecule has 1 saturated heterocycles. The number of hydrogen-bond donors (Lipinski definition) is 3. The number of piperazine rings is 1. The van der Waals surface area contributed by atoms with E-state index in [1.165, 1.54) is 16.4 Å². The Morgan fingerprint density at radius 1 is 1.18 bits per heavy atom. The van der Waals surface area contributed by atoms with Gasteiger partial charge in [0.25, 0.3) is 0 Å². The first-order valence-electron chi connectivity index (χ1n) is 8.77. The van der Waals surface area contributed by atoms with Crippen molar-refractivity contribution in [2.45, 2.75) is 13.5 Å². The molecular weight excluding hydrogens is 385 g/mol. The first kappa shape index (κ1) is 20.3. The van der Waals surface area contributed by atoms with Gasteiger partial charge in [-0.3, -0.25) is 14.4 Å². The number of amides is 2. The molecule has 2 aromatic rings. The molecule has 28 heavy (non-hydrogen) atoms. The molecule has 2 heterocycles. The summed E-state index contributed by atoms with van der Waals surface area (Å²) in [5, 5.41) is 5.28. The van der Waals surface area contributed by atoms with Gasteiger partial charge >= 0.3 is 6.03 Å². The van der Waals surface area contributed by atoms with Crippen LogP contribution in [0.4, 0.5) is 20.6 Å². The summed E-state index contributed by atoms with van der Waals surface area (Å²) in [6.45, 7) is 4.48. The molecule has 8 nitrogen and oxygen atoms in total. The number of aromatic nitrogens is 1. The van der Waals surface area contributed by atoms with Crippen LogP contribution in [0.15, 0.2) is 36.5 Å². The minimum absolute atomic E-state index is 0.350. The van der Waals surface area contributed by atoms with Gasteiger partial charge in [-0.25, -0.2) is 13.4 Å². The van der Waals surface area contributed by atoms with Crippen LogP contribution in [0.1, 0.15) is 11.3 Å². The predicted octanol–water partition coefficient (Wildman–Crippen LogP) is 2.43. The molecule has 3 rings (SSSR count). The van der Waals surface area contributed by atoms with E-state index in [1.807, 2.05) is 6.92 Å². The van der Waals surface area contributed by atoms with E-state index in [4.69, 9.17) is 4.55 Å². The average Bonchev–Trinajstić information content (AvgIpc) is 2.63. The Kier molecular flexibility index (Phi) is 6.68. The summed E-state index contributed by atoms with van der Waals surface area (Å²) >= 11 is -1.96. The molecule has 3 N–H and O–H groups in total. The zero-order valence-corrected chi connectivity index (χ0v) is 16.2. The Bertz CT molecular complexity index is 857. The van der Waals surface area contributed by atoms with Crippen LogP contribution in [0.2, 0.25) is 0 Å². The van der Waals surface area contributed by atoms with Crippen molar-refractivity contribution in [1.29, 1.82) is 0 Å². The highest BCUT2D eigenvalue weighted by molar-refractivity contribution is 7.76. The van der Waals surface area contributed by atoms with Gasteiger partial charge in [0.15, 0.2) is 0 Å². The number of carbonyl (C=O) groups is 1. The van der Waals surface area contributed by atoms with Crippen molar-refractivity contribution in [3.05, 3.63) is 53.6 Å². The van der Waals surface area contributed by atoms with Gasteiger partial charge in [0.1, 0.15) is 5.82 Å². The molecule has 0 bridgehead atoms. The van der Waals surface area contributed by atoms with E-state index >= 15 is 0 Å². The van der Waals surface area contributed by atoms with Gasteiger partial charge in [-0.2, -0.15) is 4.31 Å². The number of nitrogens with one attached hydrogen (secondary N) is 2.